The van der Waals surface area contributed by atoms with E-state index in [0.29, 0.717) is 0 Å². The maximum Gasteiger partial charge on any atom is 0.353 e. The number of carbonyl (C=O) groups is 3. The van der Waals surface area contributed by atoms with E-state index < -0.39 is 41.9 Å². The minimum Gasteiger partial charge on any atom is -0.493 e. The minimum atomic E-state index is -3.92. The molecule has 1 aromatic rings. The summed E-state index contributed by atoms with van der Waals surface area (Å²) in [5.74, 6) is -7.84. The number of para-hydroxylation sites is 1. The van der Waals surface area contributed by atoms with Gasteiger partial charge in [-0.2, -0.15) is 8.78 Å². The summed E-state index contributed by atoms with van der Waals surface area (Å²) in [5, 5.41) is 13.1. The fraction of sp³-hybridized carbons (Fsp3) is 0.500. The molecule has 0 aliphatic rings. The van der Waals surface area contributed by atoms with Crippen LogP contribution in [0.2, 0.25) is 0 Å². The van der Waals surface area contributed by atoms with E-state index in [1.807, 2.05) is 5.32 Å². The monoisotopic (exact) mass is 386 g/mol. The zero-order chi connectivity index (χ0) is 20.6. The van der Waals surface area contributed by atoms with Gasteiger partial charge in [0.2, 0.25) is 5.91 Å². The lowest BCUT2D eigenvalue weighted by Gasteiger charge is -2.20. The van der Waals surface area contributed by atoms with Gasteiger partial charge in [-0.3, -0.25) is 9.59 Å². The Labute approximate surface area is 156 Å². The molecule has 0 radical (unpaired) electrons. The van der Waals surface area contributed by atoms with Gasteiger partial charge in [-0.15, -0.1) is 0 Å². The SMILES string of the molecule is CCOc1ccccc1C(F)(F)C(=O)NCC(=O)N[C@@H](CC(C)C)C(=O)O. The summed E-state index contributed by atoms with van der Waals surface area (Å²) in [6.45, 7) is 4.55. The molecule has 0 bridgehead atoms. The molecule has 0 heterocycles. The zero-order valence-electron chi connectivity index (χ0n) is 15.4. The van der Waals surface area contributed by atoms with Crippen LogP contribution in [0.5, 0.6) is 5.75 Å². The van der Waals surface area contributed by atoms with Crippen LogP contribution in [-0.2, 0) is 20.3 Å². The number of nitrogens with one attached hydrogen (secondary N) is 2. The zero-order valence-corrected chi connectivity index (χ0v) is 15.4. The number of rotatable bonds is 10. The highest BCUT2D eigenvalue weighted by Gasteiger charge is 2.43. The molecule has 0 spiro atoms. The number of hydrogen-bond donors (Lipinski definition) is 3. The maximum absolute atomic E-state index is 14.4. The number of carboxylic acids is 1. The number of alkyl halides is 2. The van der Waals surface area contributed by atoms with Gasteiger partial charge in [0.15, 0.2) is 0 Å². The second-order valence-corrected chi connectivity index (χ2v) is 6.27. The van der Waals surface area contributed by atoms with Gasteiger partial charge in [0.25, 0.3) is 5.91 Å². The van der Waals surface area contributed by atoms with Crippen molar-refractivity contribution in [3.8, 4) is 5.75 Å². The predicted molar refractivity (Wildman–Crippen MR) is 93.5 cm³/mol. The van der Waals surface area contributed by atoms with E-state index in [0.717, 1.165) is 6.07 Å². The third-order valence-electron chi connectivity index (χ3n) is 3.56. The van der Waals surface area contributed by atoms with Crippen molar-refractivity contribution in [2.24, 2.45) is 5.92 Å². The predicted octanol–water partition coefficient (Wildman–Crippen LogP) is 1.91. The highest BCUT2D eigenvalue weighted by molar-refractivity contribution is 5.91. The molecule has 0 unspecified atom stereocenters. The third-order valence-corrected chi connectivity index (χ3v) is 3.56. The molecule has 3 N–H and O–H groups in total. The molecule has 0 aromatic heterocycles. The molecule has 0 fully saturated rings. The Morgan fingerprint density at radius 1 is 1.22 bits per heavy atom. The average molecular weight is 386 g/mol. The number of ether oxygens (including phenoxy) is 1. The third kappa shape index (κ3) is 6.50. The Morgan fingerprint density at radius 3 is 2.41 bits per heavy atom. The number of halogens is 2. The molecule has 1 atom stereocenters. The topological polar surface area (TPSA) is 105 Å². The number of carbonyl (C=O) groups excluding carboxylic acids is 2. The molecule has 27 heavy (non-hydrogen) atoms. The van der Waals surface area contributed by atoms with Crippen molar-refractivity contribution in [3.05, 3.63) is 29.8 Å². The Bertz CT molecular complexity index is 679. The summed E-state index contributed by atoms with van der Waals surface area (Å²) >= 11 is 0. The summed E-state index contributed by atoms with van der Waals surface area (Å²) in [4.78, 5) is 34.8. The Kier molecular flexibility index (Phi) is 8.14. The first-order valence-electron chi connectivity index (χ1n) is 8.50. The molecule has 0 aliphatic carbocycles. The van der Waals surface area contributed by atoms with Crippen LogP contribution in [0.4, 0.5) is 8.78 Å². The van der Waals surface area contributed by atoms with E-state index in [1.165, 1.54) is 18.2 Å². The van der Waals surface area contributed by atoms with Gasteiger partial charge < -0.3 is 20.5 Å². The van der Waals surface area contributed by atoms with Crippen LogP contribution in [0.1, 0.15) is 32.8 Å². The lowest BCUT2D eigenvalue weighted by molar-refractivity contribution is -0.148. The van der Waals surface area contributed by atoms with Gasteiger partial charge in [-0.1, -0.05) is 26.0 Å². The molecular formula is C18H24F2N2O5. The number of benzene rings is 1. The van der Waals surface area contributed by atoms with Crippen molar-refractivity contribution < 1.29 is 33.0 Å². The molecule has 150 valence electrons. The lowest BCUT2D eigenvalue weighted by Crippen LogP contribution is -2.48. The smallest absolute Gasteiger partial charge is 0.353 e. The van der Waals surface area contributed by atoms with Crippen LogP contribution < -0.4 is 15.4 Å². The van der Waals surface area contributed by atoms with E-state index in [-0.39, 0.29) is 24.7 Å². The molecular weight excluding hydrogens is 362 g/mol. The van der Waals surface area contributed by atoms with Crippen LogP contribution in [0, 0.1) is 5.92 Å². The first-order valence-corrected chi connectivity index (χ1v) is 8.50. The van der Waals surface area contributed by atoms with Crippen molar-refractivity contribution in [3.63, 3.8) is 0 Å². The van der Waals surface area contributed by atoms with E-state index >= 15 is 0 Å². The Hall–Kier alpha value is -2.71. The maximum atomic E-state index is 14.4. The molecule has 0 aliphatic heterocycles. The molecule has 7 nitrogen and oxygen atoms in total. The van der Waals surface area contributed by atoms with Gasteiger partial charge in [0, 0.05) is 0 Å². The van der Waals surface area contributed by atoms with Crippen LogP contribution in [0.15, 0.2) is 24.3 Å². The van der Waals surface area contributed by atoms with Gasteiger partial charge in [-0.05, 0) is 31.4 Å². The van der Waals surface area contributed by atoms with Crippen LogP contribution >= 0.6 is 0 Å². The standard InChI is InChI=1S/C18H24F2N2O5/c1-4-27-14-8-6-5-7-12(14)18(19,20)17(26)21-10-15(23)22-13(16(24)25)9-11(2)3/h5-8,11,13H,4,9-10H2,1-3H3,(H,21,26)(H,22,23)(H,24,25)/t13-/m0/s1. The van der Waals surface area contributed by atoms with Gasteiger partial charge in [0.05, 0.1) is 18.7 Å². The highest BCUT2D eigenvalue weighted by Crippen LogP contribution is 2.35. The van der Waals surface area contributed by atoms with E-state index in [2.05, 4.69) is 5.32 Å². The number of hydrogen-bond acceptors (Lipinski definition) is 4. The summed E-state index contributed by atoms with van der Waals surface area (Å²) in [5.41, 5.74) is -0.618. The molecule has 1 aromatic carbocycles. The minimum absolute atomic E-state index is 0.000363. The van der Waals surface area contributed by atoms with Gasteiger partial charge in [-0.25, -0.2) is 4.79 Å². The molecule has 9 heteroatoms. The van der Waals surface area contributed by atoms with E-state index in [1.54, 1.807) is 20.8 Å². The molecule has 0 saturated carbocycles. The number of aliphatic carboxylic acids is 1. The van der Waals surface area contributed by atoms with Crippen molar-refractivity contribution >= 4 is 17.8 Å². The normalized spacial score (nSPS) is 12.4. The average Bonchev–Trinajstić information content (AvgIpc) is 2.59. The quantitative estimate of drug-likeness (QED) is 0.570. The van der Waals surface area contributed by atoms with Crippen LogP contribution in [-0.4, -0.2) is 42.1 Å². The highest BCUT2D eigenvalue weighted by atomic mass is 19.3. The van der Waals surface area contributed by atoms with Crippen molar-refractivity contribution in [1.82, 2.24) is 10.6 Å². The molecule has 2 amide bonds. The van der Waals surface area contributed by atoms with Crippen molar-refractivity contribution in [2.45, 2.75) is 39.2 Å². The molecule has 1 rings (SSSR count). The number of carboxylic acid groups (broad SMARTS) is 1. The van der Waals surface area contributed by atoms with Gasteiger partial charge in [0.1, 0.15) is 11.8 Å². The fourth-order valence-corrected chi connectivity index (χ4v) is 2.34. The lowest BCUT2D eigenvalue weighted by atomic mass is 10.0. The number of amides is 2. The second kappa shape index (κ2) is 9.84. The van der Waals surface area contributed by atoms with E-state index in [4.69, 9.17) is 9.84 Å². The summed E-state index contributed by atoms with van der Waals surface area (Å²) in [7, 11) is 0. The summed E-state index contributed by atoms with van der Waals surface area (Å²) in [6, 6.07) is 4.06. The van der Waals surface area contributed by atoms with E-state index in [9.17, 15) is 23.2 Å². The second-order valence-electron chi connectivity index (χ2n) is 6.27. The Balaban J connectivity index is 2.75. The Morgan fingerprint density at radius 2 is 1.85 bits per heavy atom. The summed E-state index contributed by atoms with van der Waals surface area (Å²) in [6.07, 6.45) is 0.174. The van der Waals surface area contributed by atoms with Gasteiger partial charge >= 0.3 is 11.9 Å². The fourth-order valence-electron chi connectivity index (χ4n) is 2.34. The first-order chi connectivity index (χ1) is 12.6. The van der Waals surface area contributed by atoms with Crippen LogP contribution in [0.3, 0.4) is 0 Å². The first kappa shape index (κ1) is 22.3. The van der Waals surface area contributed by atoms with Crippen molar-refractivity contribution in [2.75, 3.05) is 13.2 Å². The molecule has 0 saturated heterocycles. The largest absolute Gasteiger partial charge is 0.493 e. The van der Waals surface area contributed by atoms with Crippen molar-refractivity contribution in [1.29, 1.82) is 0 Å². The summed E-state index contributed by atoms with van der Waals surface area (Å²) < 4.78 is 34.0. The van der Waals surface area contributed by atoms with Crippen LogP contribution in [0.25, 0.3) is 0 Å².